The first-order chi connectivity index (χ1) is 6.28. The molecule has 7 nitrogen and oxygen atoms in total. The van der Waals surface area contributed by atoms with Crippen LogP contribution in [0.1, 0.15) is 13.8 Å². The molecule has 1 unspecified atom stereocenters. The number of aliphatic hydroxyl groups is 1. The van der Waals surface area contributed by atoms with Gasteiger partial charge in [-0.05, 0) is 13.8 Å². The van der Waals surface area contributed by atoms with Crippen LogP contribution in [0.4, 0.5) is 0 Å². The maximum Gasteiger partial charge on any atom is 0.371 e. The van der Waals surface area contributed by atoms with E-state index in [2.05, 4.69) is 9.05 Å². The van der Waals surface area contributed by atoms with Crippen LogP contribution in [0.25, 0.3) is 0 Å². The normalized spacial score (nSPS) is 15.5. The summed E-state index contributed by atoms with van der Waals surface area (Å²) in [5.41, 5.74) is -2.42. The second-order valence-corrected chi connectivity index (χ2v) is 6.47. The Balaban J connectivity index is 4.82. The molecule has 9 heteroatoms. The highest BCUT2D eigenvalue weighted by molar-refractivity contribution is 7.71. The van der Waals surface area contributed by atoms with Crippen molar-refractivity contribution in [2.45, 2.75) is 19.4 Å². The van der Waals surface area contributed by atoms with Crippen molar-refractivity contribution in [1.29, 1.82) is 0 Å². The molecule has 0 spiro atoms. The van der Waals surface area contributed by atoms with E-state index in [-0.39, 0.29) is 13.2 Å². The van der Waals surface area contributed by atoms with Gasteiger partial charge in [0.05, 0.1) is 13.2 Å². The molecule has 14 heavy (non-hydrogen) atoms. The van der Waals surface area contributed by atoms with E-state index >= 15 is 0 Å². The Labute approximate surface area is 81.7 Å². The Morgan fingerprint density at radius 2 is 1.50 bits per heavy atom. The maximum atomic E-state index is 11.6. The SMILES string of the molecule is CCOP(=O)(OCC)C(O)P(=O)(O)O. The van der Waals surface area contributed by atoms with Gasteiger partial charge >= 0.3 is 15.2 Å². The van der Waals surface area contributed by atoms with E-state index in [9.17, 15) is 9.13 Å². The third-order valence-electron chi connectivity index (χ3n) is 1.20. The molecule has 0 radical (unpaired) electrons. The zero-order valence-corrected chi connectivity index (χ0v) is 9.65. The lowest BCUT2D eigenvalue weighted by molar-refractivity contribution is 0.165. The van der Waals surface area contributed by atoms with Crippen LogP contribution < -0.4 is 0 Å². The largest absolute Gasteiger partial charge is 0.371 e. The molecular weight excluding hydrogens is 234 g/mol. The molecule has 86 valence electrons. The standard InChI is InChI=1S/C5H14O7P2/c1-3-11-14(10,12-4-2)5(6)13(7,8)9/h5-6H,3-4H2,1-2H3,(H2,7,8,9). The van der Waals surface area contributed by atoms with Gasteiger partial charge in [-0.2, -0.15) is 0 Å². The molecule has 0 aromatic heterocycles. The van der Waals surface area contributed by atoms with Crippen LogP contribution in [0.2, 0.25) is 0 Å². The highest BCUT2D eigenvalue weighted by Crippen LogP contribution is 2.64. The number of aliphatic hydroxyl groups excluding tert-OH is 1. The number of rotatable bonds is 6. The summed E-state index contributed by atoms with van der Waals surface area (Å²) in [5, 5.41) is 9.09. The smallest absolute Gasteiger partial charge is 0.370 e. The second kappa shape index (κ2) is 5.37. The summed E-state index contributed by atoms with van der Waals surface area (Å²) in [6.45, 7) is 2.79. The second-order valence-electron chi connectivity index (χ2n) is 2.31. The van der Waals surface area contributed by atoms with Crippen molar-refractivity contribution >= 4 is 15.2 Å². The van der Waals surface area contributed by atoms with Crippen molar-refractivity contribution in [3.63, 3.8) is 0 Å². The predicted octanol–water partition coefficient (Wildman–Crippen LogP) is 0.706. The molecule has 0 aliphatic heterocycles. The third kappa shape index (κ3) is 3.79. The Bertz CT molecular complexity index is 249. The molecule has 0 aliphatic carbocycles. The van der Waals surface area contributed by atoms with E-state index < -0.39 is 20.8 Å². The van der Waals surface area contributed by atoms with E-state index in [1.54, 1.807) is 0 Å². The summed E-state index contributed by atoms with van der Waals surface area (Å²) in [7, 11) is -9.03. The van der Waals surface area contributed by atoms with Crippen LogP contribution in [-0.4, -0.2) is 33.7 Å². The van der Waals surface area contributed by atoms with Gasteiger partial charge in [-0.3, -0.25) is 9.13 Å². The van der Waals surface area contributed by atoms with Crippen LogP contribution in [0.3, 0.4) is 0 Å². The van der Waals surface area contributed by atoms with Crippen molar-refractivity contribution in [1.82, 2.24) is 0 Å². The number of hydrogen-bond donors (Lipinski definition) is 3. The minimum Gasteiger partial charge on any atom is -0.370 e. The lowest BCUT2D eigenvalue weighted by atomic mass is 10.9. The average Bonchev–Trinajstić information content (AvgIpc) is 2.02. The molecule has 0 rings (SSSR count). The van der Waals surface area contributed by atoms with Crippen molar-refractivity contribution in [2.24, 2.45) is 0 Å². The lowest BCUT2D eigenvalue weighted by Crippen LogP contribution is -2.13. The first kappa shape index (κ1) is 14.3. The van der Waals surface area contributed by atoms with E-state index in [1.165, 1.54) is 13.8 Å². The van der Waals surface area contributed by atoms with Crippen molar-refractivity contribution in [3.05, 3.63) is 0 Å². The molecule has 3 N–H and O–H groups in total. The van der Waals surface area contributed by atoms with Gasteiger partial charge < -0.3 is 23.9 Å². The topological polar surface area (TPSA) is 113 Å². The summed E-state index contributed by atoms with van der Waals surface area (Å²) in [6, 6.07) is 0. The van der Waals surface area contributed by atoms with E-state index in [4.69, 9.17) is 14.9 Å². The molecule has 0 aromatic rings. The fourth-order valence-corrected chi connectivity index (χ4v) is 3.65. The fourth-order valence-electron chi connectivity index (χ4n) is 0.715. The Morgan fingerprint density at radius 3 is 1.71 bits per heavy atom. The minimum absolute atomic E-state index is 0.0751. The predicted molar refractivity (Wildman–Crippen MR) is 48.9 cm³/mol. The van der Waals surface area contributed by atoms with Crippen molar-refractivity contribution in [2.75, 3.05) is 13.2 Å². The first-order valence-corrected chi connectivity index (χ1v) is 7.19. The summed E-state index contributed by atoms with van der Waals surface area (Å²) in [5.74, 6) is 0. The Hall–Kier alpha value is 0.260. The lowest BCUT2D eigenvalue weighted by Gasteiger charge is -2.22. The quantitative estimate of drug-likeness (QED) is 0.593. The van der Waals surface area contributed by atoms with E-state index in [1.807, 2.05) is 0 Å². The molecule has 0 amide bonds. The van der Waals surface area contributed by atoms with Gasteiger partial charge in [0, 0.05) is 0 Å². The van der Waals surface area contributed by atoms with Gasteiger partial charge in [0.1, 0.15) is 0 Å². The molecule has 0 heterocycles. The Kier molecular flexibility index (Phi) is 5.47. The fraction of sp³-hybridized carbons (Fsp3) is 1.00. The molecule has 0 fully saturated rings. The van der Waals surface area contributed by atoms with Crippen LogP contribution in [0.5, 0.6) is 0 Å². The minimum atomic E-state index is -4.90. The molecule has 0 saturated carbocycles. The van der Waals surface area contributed by atoms with Gasteiger partial charge in [0.2, 0.25) is 0 Å². The maximum absolute atomic E-state index is 11.6. The van der Waals surface area contributed by atoms with Crippen molar-refractivity contribution < 1.29 is 33.1 Å². The van der Waals surface area contributed by atoms with Gasteiger partial charge in [0.25, 0.3) is 5.59 Å². The molecule has 0 saturated heterocycles. The molecule has 0 aromatic carbocycles. The summed E-state index contributed by atoms with van der Waals surface area (Å²) in [4.78, 5) is 17.2. The third-order valence-corrected chi connectivity index (χ3v) is 5.36. The van der Waals surface area contributed by atoms with Gasteiger partial charge in [-0.25, -0.2) is 0 Å². The zero-order valence-electron chi connectivity index (χ0n) is 7.86. The van der Waals surface area contributed by atoms with Gasteiger partial charge in [-0.15, -0.1) is 0 Å². The highest BCUT2D eigenvalue weighted by Gasteiger charge is 2.46. The number of hydrogen-bond acceptors (Lipinski definition) is 5. The molecular formula is C5H14O7P2. The van der Waals surface area contributed by atoms with Crippen LogP contribution in [0, 0.1) is 0 Å². The van der Waals surface area contributed by atoms with Gasteiger partial charge in [0.15, 0.2) is 0 Å². The van der Waals surface area contributed by atoms with E-state index in [0.717, 1.165) is 0 Å². The van der Waals surface area contributed by atoms with Crippen LogP contribution in [0.15, 0.2) is 0 Å². The molecule has 0 aliphatic rings. The average molecular weight is 248 g/mol. The summed E-state index contributed by atoms with van der Waals surface area (Å²) in [6.07, 6.45) is 0. The summed E-state index contributed by atoms with van der Waals surface area (Å²) < 4.78 is 31.3. The van der Waals surface area contributed by atoms with E-state index in [0.29, 0.717) is 0 Å². The molecule has 1 atom stereocenters. The van der Waals surface area contributed by atoms with Gasteiger partial charge in [-0.1, -0.05) is 0 Å². The first-order valence-electron chi connectivity index (χ1n) is 3.90. The Morgan fingerprint density at radius 1 is 1.14 bits per heavy atom. The zero-order chi connectivity index (χ0) is 11.4. The summed E-state index contributed by atoms with van der Waals surface area (Å²) >= 11 is 0. The monoisotopic (exact) mass is 248 g/mol. The molecule has 0 bridgehead atoms. The highest BCUT2D eigenvalue weighted by atomic mass is 31.2. The van der Waals surface area contributed by atoms with Crippen LogP contribution >= 0.6 is 15.2 Å². The van der Waals surface area contributed by atoms with Crippen molar-refractivity contribution in [3.8, 4) is 0 Å². The van der Waals surface area contributed by atoms with Crippen LogP contribution in [-0.2, 0) is 18.2 Å².